The van der Waals surface area contributed by atoms with Gasteiger partial charge in [-0.2, -0.15) is 23.3 Å². The largest absolute Gasteiger partial charge is 0.481 e. The number of aromatic amines is 1. The molecule has 0 bridgehead atoms. The van der Waals surface area contributed by atoms with Crippen LogP contribution < -0.4 is 14.5 Å². The maximum atomic E-state index is 14.0. The van der Waals surface area contributed by atoms with Crippen LogP contribution in [0.25, 0.3) is 32.9 Å². The number of hydrogen-bond donors (Lipinski definition) is 1. The number of rotatable bonds is 7. The molecule has 3 aliphatic heterocycles. The molecule has 9 nitrogen and oxygen atoms in total. The Morgan fingerprint density at radius 3 is 2.44 bits per heavy atom. The fourth-order valence-corrected chi connectivity index (χ4v) is 8.94. The molecule has 262 valence electrons. The zero-order valence-corrected chi connectivity index (χ0v) is 28.0. The van der Waals surface area contributed by atoms with Crippen molar-refractivity contribution in [2.75, 3.05) is 55.7 Å². The molecule has 0 radical (unpaired) electrons. The molecule has 2 aliphatic carbocycles. The number of benzene rings is 2. The second-order valence-corrected chi connectivity index (χ2v) is 15.4. The summed E-state index contributed by atoms with van der Waals surface area (Å²) in [5.41, 5.74) is 4.30. The average molecular weight is 690 g/mol. The first-order chi connectivity index (χ1) is 23.9. The Bertz CT molecular complexity index is 2030. The van der Waals surface area contributed by atoms with Gasteiger partial charge in [-0.3, -0.25) is 9.89 Å². The number of nitrogens with one attached hydrogen (secondary N) is 1. The lowest BCUT2D eigenvalue weighted by atomic mass is 9.62. The highest BCUT2D eigenvalue weighted by Gasteiger charge is 2.54. The fourth-order valence-electron chi connectivity index (χ4n) is 8.94. The van der Waals surface area contributed by atoms with Gasteiger partial charge in [0.15, 0.2) is 12.4 Å². The third kappa shape index (κ3) is 5.17. The van der Waals surface area contributed by atoms with Gasteiger partial charge >= 0.3 is 6.18 Å². The van der Waals surface area contributed by atoms with Crippen molar-refractivity contribution in [1.82, 2.24) is 25.1 Å². The normalized spacial score (nSPS) is 21.4. The Kier molecular flexibility index (Phi) is 6.97. The Hall–Kier alpha value is -4.42. The maximum absolute atomic E-state index is 14.0. The maximum Gasteiger partial charge on any atom is 0.422 e. The molecule has 2 spiro atoms. The Balaban J connectivity index is 1.20. The van der Waals surface area contributed by atoms with E-state index < -0.39 is 19.0 Å². The van der Waals surface area contributed by atoms with E-state index >= 15 is 0 Å². The van der Waals surface area contributed by atoms with Gasteiger partial charge in [0.1, 0.15) is 17.5 Å². The summed E-state index contributed by atoms with van der Waals surface area (Å²) < 4.78 is 61.8. The van der Waals surface area contributed by atoms with Gasteiger partial charge < -0.3 is 19.4 Å². The lowest BCUT2D eigenvalue weighted by molar-refractivity contribution is -0.153. The summed E-state index contributed by atoms with van der Waals surface area (Å²) in [6, 6.07) is 5.97. The zero-order chi connectivity index (χ0) is 34.6. The number of piperidine rings is 1. The number of nitrogens with zero attached hydrogens (tertiary/aromatic N) is 6. The number of ether oxygens (including phenoxy) is 1. The van der Waals surface area contributed by atoms with Crippen molar-refractivity contribution in [3.8, 4) is 16.9 Å². The number of H-pyrrole nitrogens is 1. The number of fused-ring (bicyclic) bond motifs is 2. The highest BCUT2D eigenvalue weighted by Crippen LogP contribution is 2.55. The molecule has 3 saturated heterocycles. The quantitative estimate of drug-likeness (QED) is 0.168. The van der Waals surface area contributed by atoms with E-state index in [1.807, 2.05) is 28.9 Å². The van der Waals surface area contributed by atoms with Crippen molar-refractivity contribution in [2.24, 2.45) is 10.8 Å². The number of amides is 1. The highest BCUT2D eigenvalue weighted by atomic mass is 19.4. The molecule has 0 unspecified atom stereocenters. The molecular formula is C37H39F4N7O2. The number of aromatic nitrogens is 4. The van der Waals surface area contributed by atoms with Gasteiger partial charge in [0.05, 0.1) is 11.7 Å². The first kappa shape index (κ1) is 31.6. The molecule has 2 saturated carbocycles. The third-order valence-corrected chi connectivity index (χ3v) is 11.7. The van der Waals surface area contributed by atoms with E-state index in [1.165, 1.54) is 6.08 Å². The molecule has 13 heteroatoms. The van der Waals surface area contributed by atoms with Crippen LogP contribution in [0.1, 0.15) is 55.6 Å². The number of hydrogen-bond acceptors (Lipinski definition) is 7. The molecule has 5 heterocycles. The summed E-state index contributed by atoms with van der Waals surface area (Å²) in [6.45, 7) is 8.07. The highest BCUT2D eigenvalue weighted by molar-refractivity contribution is 6.06. The number of aryl methyl sites for hydroxylation is 1. The minimum absolute atomic E-state index is 0.0337. The van der Waals surface area contributed by atoms with Crippen LogP contribution in [0.5, 0.6) is 5.75 Å². The molecule has 0 atom stereocenters. The Labute approximate surface area is 286 Å². The van der Waals surface area contributed by atoms with E-state index in [4.69, 9.17) is 14.7 Å². The SMILES string of the molecule is C=CC(=O)N1CC2(CCN(c3nc(N4CC5(CC(F)C5)C4)nc4c(OCC(F)(F)F)c(-c5c(C)ccc6[nH]ncc56)c(C5CC5)cc34)CC2)C1. The van der Waals surface area contributed by atoms with Crippen molar-refractivity contribution in [3.05, 3.63) is 48.2 Å². The van der Waals surface area contributed by atoms with Gasteiger partial charge in [0.25, 0.3) is 0 Å². The van der Waals surface area contributed by atoms with E-state index in [2.05, 4.69) is 27.7 Å². The first-order valence-corrected chi connectivity index (χ1v) is 17.5. The second kappa shape index (κ2) is 11.0. The summed E-state index contributed by atoms with van der Waals surface area (Å²) >= 11 is 0. The lowest BCUT2D eigenvalue weighted by Gasteiger charge is -2.57. The molecule has 9 rings (SSSR count). The van der Waals surface area contributed by atoms with Crippen LogP contribution in [-0.2, 0) is 4.79 Å². The summed E-state index contributed by atoms with van der Waals surface area (Å²) in [5.74, 6) is 1.31. The van der Waals surface area contributed by atoms with Crippen LogP contribution in [0.3, 0.4) is 0 Å². The topological polar surface area (TPSA) is 90.5 Å². The molecule has 5 aliphatic rings. The second-order valence-electron chi connectivity index (χ2n) is 15.4. The molecule has 4 aromatic rings. The molecule has 1 amide bonds. The molecule has 2 aromatic carbocycles. The number of carbonyl (C=O) groups excluding carboxylic acids is 1. The lowest BCUT2D eigenvalue weighted by Crippen LogP contribution is -2.63. The number of anilines is 2. The van der Waals surface area contributed by atoms with Crippen LogP contribution in [-0.4, -0.2) is 89.2 Å². The molecule has 2 aromatic heterocycles. The monoisotopic (exact) mass is 689 g/mol. The van der Waals surface area contributed by atoms with Crippen molar-refractivity contribution in [1.29, 1.82) is 0 Å². The minimum Gasteiger partial charge on any atom is -0.481 e. The third-order valence-electron chi connectivity index (χ3n) is 11.7. The van der Waals surface area contributed by atoms with Crippen molar-refractivity contribution in [3.63, 3.8) is 0 Å². The number of alkyl halides is 4. The predicted molar refractivity (Wildman–Crippen MR) is 182 cm³/mol. The minimum atomic E-state index is -4.57. The number of halogens is 4. The number of carbonyl (C=O) groups is 1. The summed E-state index contributed by atoms with van der Waals surface area (Å²) in [4.78, 5) is 28.4. The van der Waals surface area contributed by atoms with Gasteiger partial charge in [-0.15, -0.1) is 0 Å². The van der Waals surface area contributed by atoms with Crippen molar-refractivity contribution < 1.29 is 27.1 Å². The standard InChI is InChI=1S/C37H39F4N7O2/c1-3-28(49)47-16-35(17-47)8-10-46(11-9-35)33-25-12-24(22-5-6-22)30(29-21(2)4-7-27-26(29)15-42-45-27)32(50-20-37(39,40)41)31(25)43-34(44-33)48-18-36(19-48)13-23(38)14-36/h3-4,7,12,15,22-23H,1,5-6,8-11,13-14,16-20H2,2H3,(H,42,45). The molecule has 50 heavy (non-hydrogen) atoms. The van der Waals surface area contributed by atoms with Crippen LogP contribution in [0, 0.1) is 17.8 Å². The molecule has 5 fully saturated rings. The summed E-state index contributed by atoms with van der Waals surface area (Å²) in [7, 11) is 0. The Morgan fingerprint density at radius 1 is 1.04 bits per heavy atom. The van der Waals surface area contributed by atoms with Crippen LogP contribution in [0.4, 0.5) is 29.3 Å². The molecular weight excluding hydrogens is 650 g/mol. The van der Waals surface area contributed by atoms with Crippen LogP contribution >= 0.6 is 0 Å². The van der Waals surface area contributed by atoms with E-state index in [0.717, 1.165) is 53.3 Å². The predicted octanol–water partition coefficient (Wildman–Crippen LogP) is 6.85. The van der Waals surface area contributed by atoms with E-state index in [1.54, 1.807) is 6.20 Å². The van der Waals surface area contributed by atoms with Gasteiger partial charge in [0.2, 0.25) is 11.9 Å². The fraction of sp³-hybridized carbons (Fsp3) is 0.514. The first-order valence-electron chi connectivity index (χ1n) is 17.5. The van der Waals surface area contributed by atoms with E-state index in [0.29, 0.717) is 80.3 Å². The molecule has 1 N–H and O–H groups in total. The van der Waals surface area contributed by atoms with E-state index in [-0.39, 0.29) is 28.4 Å². The van der Waals surface area contributed by atoms with Crippen molar-refractivity contribution >= 4 is 39.5 Å². The average Bonchev–Trinajstić information content (AvgIpc) is 3.78. The van der Waals surface area contributed by atoms with Gasteiger partial charge in [-0.1, -0.05) is 12.6 Å². The van der Waals surface area contributed by atoms with Gasteiger partial charge in [-0.05, 0) is 86.3 Å². The van der Waals surface area contributed by atoms with E-state index in [9.17, 15) is 22.4 Å². The summed E-state index contributed by atoms with van der Waals surface area (Å²) in [5, 5.41) is 8.75. The van der Waals surface area contributed by atoms with Crippen LogP contribution in [0.15, 0.2) is 37.1 Å². The van der Waals surface area contributed by atoms with Gasteiger partial charge in [-0.25, -0.2) is 9.37 Å². The van der Waals surface area contributed by atoms with Gasteiger partial charge in [0, 0.05) is 66.4 Å². The van der Waals surface area contributed by atoms with Crippen LogP contribution in [0.2, 0.25) is 0 Å². The summed E-state index contributed by atoms with van der Waals surface area (Å²) in [6.07, 6.45) is 2.26. The Morgan fingerprint density at radius 2 is 1.78 bits per heavy atom. The zero-order valence-electron chi connectivity index (χ0n) is 28.0. The number of likely N-dealkylation sites (tertiary alicyclic amines) is 1. The van der Waals surface area contributed by atoms with Crippen molar-refractivity contribution in [2.45, 2.75) is 63.7 Å². The smallest absolute Gasteiger partial charge is 0.422 e.